The van der Waals surface area contributed by atoms with Crippen molar-refractivity contribution in [2.45, 2.75) is 38.3 Å². The fraction of sp³-hybridized carbons (Fsp3) is 0.400. The number of carbonyl (C=O) groups excluding carboxylic acids is 3. The summed E-state index contributed by atoms with van der Waals surface area (Å²) < 4.78 is 0.613. The van der Waals surface area contributed by atoms with E-state index >= 15 is 0 Å². The number of nitro groups is 1. The van der Waals surface area contributed by atoms with Crippen LogP contribution in [0.1, 0.15) is 26.7 Å². The molecule has 0 spiro atoms. The number of nitro benzene ring substituents is 1. The summed E-state index contributed by atoms with van der Waals surface area (Å²) in [6.45, 7) is 3.08. The number of imide groups is 1. The fourth-order valence-corrected chi connectivity index (χ4v) is 2.69. The van der Waals surface area contributed by atoms with E-state index in [4.69, 9.17) is 0 Å². The first-order valence-electron chi connectivity index (χ1n) is 7.47. The minimum Gasteiger partial charge on any atom is -0.366 e. The zero-order valence-electron chi connectivity index (χ0n) is 13.6. The van der Waals surface area contributed by atoms with Gasteiger partial charge in [0, 0.05) is 17.0 Å². The topological polar surface area (TPSA) is 130 Å². The minimum absolute atomic E-state index is 0.141. The largest absolute Gasteiger partial charge is 0.366 e. The van der Waals surface area contributed by atoms with Crippen molar-refractivity contribution in [2.24, 2.45) is 0 Å². The van der Waals surface area contributed by atoms with Gasteiger partial charge in [0.2, 0.25) is 17.7 Å². The Hall–Kier alpha value is -2.49. The maximum absolute atomic E-state index is 12.5. The highest BCUT2D eigenvalue weighted by Gasteiger charge is 2.35. The molecule has 0 bridgehead atoms. The molecule has 1 aromatic carbocycles. The van der Waals surface area contributed by atoms with Crippen LogP contribution in [0.15, 0.2) is 22.7 Å². The number of anilines is 1. The molecule has 1 fully saturated rings. The predicted molar refractivity (Wildman–Crippen MR) is 92.8 cm³/mol. The normalized spacial score (nSPS) is 17.6. The van der Waals surface area contributed by atoms with E-state index < -0.39 is 28.3 Å². The molecule has 25 heavy (non-hydrogen) atoms. The van der Waals surface area contributed by atoms with Gasteiger partial charge in [-0.3, -0.25) is 29.8 Å². The van der Waals surface area contributed by atoms with Crippen LogP contribution < -0.4 is 16.0 Å². The third-order valence-electron chi connectivity index (χ3n) is 3.71. The van der Waals surface area contributed by atoms with E-state index in [2.05, 4.69) is 31.9 Å². The van der Waals surface area contributed by atoms with Crippen molar-refractivity contribution in [1.82, 2.24) is 10.6 Å². The Morgan fingerprint density at radius 1 is 1.40 bits per heavy atom. The van der Waals surface area contributed by atoms with Crippen LogP contribution >= 0.6 is 15.9 Å². The summed E-state index contributed by atoms with van der Waals surface area (Å²) in [5.41, 5.74) is -1.24. The van der Waals surface area contributed by atoms with E-state index in [-0.39, 0.29) is 30.1 Å². The van der Waals surface area contributed by atoms with E-state index in [9.17, 15) is 24.5 Å². The summed E-state index contributed by atoms with van der Waals surface area (Å²) in [7, 11) is 0. The van der Waals surface area contributed by atoms with Crippen molar-refractivity contribution in [3.05, 3.63) is 32.8 Å². The first-order valence-corrected chi connectivity index (χ1v) is 8.26. The molecule has 10 heteroatoms. The minimum atomic E-state index is -1.23. The molecule has 1 aliphatic heterocycles. The molecule has 9 nitrogen and oxygen atoms in total. The van der Waals surface area contributed by atoms with Crippen molar-refractivity contribution in [3.63, 3.8) is 0 Å². The number of nitrogens with zero attached hydrogens (tertiary/aromatic N) is 1. The van der Waals surface area contributed by atoms with E-state index in [1.54, 1.807) is 13.8 Å². The van der Waals surface area contributed by atoms with Crippen LogP contribution in [0.3, 0.4) is 0 Å². The molecule has 0 aromatic heterocycles. The number of benzene rings is 1. The maximum Gasteiger partial charge on any atom is 0.292 e. The lowest BCUT2D eigenvalue weighted by Crippen LogP contribution is -2.57. The van der Waals surface area contributed by atoms with E-state index in [0.717, 1.165) is 0 Å². The summed E-state index contributed by atoms with van der Waals surface area (Å²) in [6.07, 6.45) is 0.352. The van der Waals surface area contributed by atoms with Gasteiger partial charge in [-0.05, 0) is 32.4 Å². The van der Waals surface area contributed by atoms with Crippen LogP contribution in [0.2, 0.25) is 0 Å². The van der Waals surface area contributed by atoms with Gasteiger partial charge < -0.3 is 10.6 Å². The first-order chi connectivity index (χ1) is 11.6. The van der Waals surface area contributed by atoms with Gasteiger partial charge in [-0.15, -0.1) is 0 Å². The molecule has 1 aromatic rings. The van der Waals surface area contributed by atoms with Crippen molar-refractivity contribution >= 4 is 45.0 Å². The quantitative estimate of drug-likeness (QED) is 0.381. The number of hydrogen-bond acceptors (Lipinski definition) is 6. The van der Waals surface area contributed by atoms with Crippen molar-refractivity contribution in [1.29, 1.82) is 0 Å². The zero-order chi connectivity index (χ0) is 18.8. The van der Waals surface area contributed by atoms with E-state index in [1.165, 1.54) is 18.2 Å². The van der Waals surface area contributed by atoms with E-state index in [1.807, 2.05) is 0 Å². The summed E-state index contributed by atoms with van der Waals surface area (Å²) in [6, 6.07) is 3.53. The van der Waals surface area contributed by atoms with E-state index in [0.29, 0.717) is 4.47 Å². The lowest BCUT2D eigenvalue weighted by Gasteiger charge is -2.29. The van der Waals surface area contributed by atoms with Crippen LogP contribution in [0, 0.1) is 10.1 Å². The fourth-order valence-electron chi connectivity index (χ4n) is 2.33. The molecule has 1 saturated heterocycles. The molecular weight excluding hydrogens is 396 g/mol. The van der Waals surface area contributed by atoms with Gasteiger partial charge in [-0.1, -0.05) is 15.9 Å². The molecule has 2 rings (SSSR count). The highest BCUT2D eigenvalue weighted by molar-refractivity contribution is 9.10. The number of carbonyl (C=O) groups is 3. The second kappa shape index (κ2) is 7.18. The summed E-state index contributed by atoms with van der Waals surface area (Å²) in [5, 5.41) is 18.7. The van der Waals surface area contributed by atoms with Gasteiger partial charge in [-0.25, -0.2) is 0 Å². The molecule has 0 unspecified atom stereocenters. The Bertz CT molecular complexity index is 749. The molecule has 1 atom stereocenters. The Balaban J connectivity index is 2.14. The monoisotopic (exact) mass is 412 g/mol. The zero-order valence-corrected chi connectivity index (χ0v) is 15.2. The van der Waals surface area contributed by atoms with Gasteiger partial charge in [0.05, 0.1) is 4.92 Å². The average Bonchev–Trinajstić information content (AvgIpc) is 2.49. The Morgan fingerprint density at radius 3 is 2.68 bits per heavy atom. The number of halogens is 1. The third kappa shape index (κ3) is 4.53. The van der Waals surface area contributed by atoms with Gasteiger partial charge in [0.25, 0.3) is 5.69 Å². The molecule has 0 aliphatic carbocycles. The maximum atomic E-state index is 12.5. The lowest BCUT2D eigenvalue weighted by atomic mass is 10.0. The van der Waals surface area contributed by atoms with Crippen LogP contribution in [-0.4, -0.2) is 34.2 Å². The second-order valence-electron chi connectivity index (χ2n) is 6.15. The molecule has 3 N–H and O–H groups in total. The Kier molecular flexibility index (Phi) is 5.41. The molecule has 134 valence electrons. The van der Waals surface area contributed by atoms with Gasteiger partial charge in [-0.2, -0.15) is 0 Å². The van der Waals surface area contributed by atoms with Crippen molar-refractivity contribution in [3.8, 4) is 0 Å². The van der Waals surface area contributed by atoms with Gasteiger partial charge >= 0.3 is 0 Å². The van der Waals surface area contributed by atoms with Gasteiger partial charge in [0.1, 0.15) is 17.3 Å². The second-order valence-corrected chi connectivity index (χ2v) is 7.06. The number of rotatable bonds is 5. The van der Waals surface area contributed by atoms with Crippen LogP contribution in [-0.2, 0) is 14.4 Å². The van der Waals surface area contributed by atoms with Gasteiger partial charge in [0.15, 0.2) is 0 Å². The smallest absolute Gasteiger partial charge is 0.292 e. The first kappa shape index (κ1) is 18.8. The highest BCUT2D eigenvalue weighted by Crippen LogP contribution is 2.30. The molecule has 1 aliphatic rings. The van der Waals surface area contributed by atoms with Crippen LogP contribution in [0.4, 0.5) is 11.4 Å². The molecule has 3 amide bonds. The highest BCUT2D eigenvalue weighted by atomic mass is 79.9. The Morgan fingerprint density at radius 2 is 2.08 bits per heavy atom. The number of piperidine rings is 1. The standard InChI is InChI=1S/C15H17BrN4O5/c1-15(2,14(23)17-9-4-6-12(21)18-13(9)22)19-10-7-8(16)3-5-11(10)20(24)25/h3,5,7,9,19H,4,6H2,1-2H3,(H,17,23)(H,18,21,22)/t9-/m0/s1. The van der Waals surface area contributed by atoms with Crippen molar-refractivity contribution in [2.75, 3.05) is 5.32 Å². The summed E-state index contributed by atoms with van der Waals surface area (Å²) >= 11 is 3.24. The molecule has 1 heterocycles. The summed E-state index contributed by atoms with van der Waals surface area (Å²) in [5.74, 6) is -1.46. The number of amides is 3. The van der Waals surface area contributed by atoms with Crippen LogP contribution in [0.5, 0.6) is 0 Å². The van der Waals surface area contributed by atoms with Crippen LogP contribution in [0.25, 0.3) is 0 Å². The molecule has 0 saturated carbocycles. The number of nitrogens with one attached hydrogen (secondary N) is 3. The third-order valence-corrected chi connectivity index (χ3v) is 4.21. The predicted octanol–water partition coefficient (Wildman–Crippen LogP) is 1.47. The molecule has 0 radical (unpaired) electrons. The Labute approximate surface area is 151 Å². The number of hydrogen-bond donors (Lipinski definition) is 3. The average molecular weight is 413 g/mol. The molecular formula is C15H17BrN4O5. The summed E-state index contributed by atoms with van der Waals surface area (Å²) in [4.78, 5) is 46.0. The van der Waals surface area contributed by atoms with Crippen molar-refractivity contribution < 1.29 is 19.3 Å². The lowest BCUT2D eigenvalue weighted by molar-refractivity contribution is -0.384. The SMILES string of the molecule is CC(C)(Nc1cc(Br)ccc1[N+](=O)[O-])C(=O)N[C@H]1CCC(=O)NC1=O.